The number of hydrogen-bond acceptors (Lipinski definition) is 4. The fraction of sp³-hybridized carbons (Fsp3) is 0.571. The van der Waals surface area contributed by atoms with E-state index in [9.17, 15) is 4.79 Å². The van der Waals surface area contributed by atoms with E-state index in [0.29, 0.717) is 6.54 Å². The Labute approximate surface area is 70.0 Å². The molecule has 0 saturated carbocycles. The second-order valence-corrected chi connectivity index (χ2v) is 2.84. The number of aromatic nitrogens is 3. The van der Waals surface area contributed by atoms with Crippen LogP contribution in [0.2, 0.25) is 0 Å². The first-order chi connectivity index (χ1) is 5.90. The van der Waals surface area contributed by atoms with Crippen LogP contribution in [-0.2, 0) is 17.9 Å². The van der Waals surface area contributed by atoms with Gasteiger partial charge in [0.2, 0.25) is 0 Å². The zero-order valence-electron chi connectivity index (χ0n) is 6.68. The Morgan fingerprint density at radius 2 is 2.50 bits per heavy atom. The smallest absolute Gasteiger partial charge is 0.147 e. The second-order valence-electron chi connectivity index (χ2n) is 2.84. The Bertz CT molecular complexity index is 283. The average Bonchev–Trinajstić information content (AvgIpc) is 2.51. The number of rotatable bonds is 2. The third-order valence-corrected chi connectivity index (χ3v) is 2.05. The Hall–Kier alpha value is -1.23. The minimum Gasteiger partial charge on any atom is -0.315 e. The standard InChI is InChI=1S/C7H10N4O/c12-4-3-10-1-2-11-6-8-9-7(11)5-10/h4,6H,1-3,5H2. The largest absolute Gasteiger partial charge is 0.315 e. The van der Waals surface area contributed by atoms with Crippen LogP contribution in [0.1, 0.15) is 5.82 Å². The molecule has 0 unspecified atom stereocenters. The molecule has 0 bridgehead atoms. The Morgan fingerprint density at radius 3 is 3.33 bits per heavy atom. The van der Waals surface area contributed by atoms with E-state index in [1.165, 1.54) is 0 Å². The molecule has 5 heteroatoms. The first-order valence-corrected chi connectivity index (χ1v) is 3.93. The topological polar surface area (TPSA) is 51.0 Å². The van der Waals surface area contributed by atoms with Gasteiger partial charge in [-0.05, 0) is 0 Å². The molecule has 0 aromatic carbocycles. The summed E-state index contributed by atoms with van der Waals surface area (Å²) in [6.07, 6.45) is 2.65. The van der Waals surface area contributed by atoms with Crippen molar-refractivity contribution in [1.82, 2.24) is 19.7 Å². The normalized spacial score (nSPS) is 17.3. The fourth-order valence-corrected chi connectivity index (χ4v) is 1.38. The molecule has 0 atom stereocenters. The summed E-state index contributed by atoms with van der Waals surface area (Å²) >= 11 is 0. The molecule has 1 aromatic rings. The van der Waals surface area contributed by atoms with Gasteiger partial charge in [-0.1, -0.05) is 0 Å². The predicted molar refractivity (Wildman–Crippen MR) is 41.4 cm³/mol. The number of hydrogen-bond donors (Lipinski definition) is 0. The minimum atomic E-state index is 0.493. The van der Waals surface area contributed by atoms with Crippen LogP contribution in [0, 0.1) is 0 Å². The summed E-state index contributed by atoms with van der Waals surface area (Å²) in [4.78, 5) is 12.3. The Kier molecular flexibility index (Phi) is 1.87. The SMILES string of the molecule is O=CCN1CCn2cnnc2C1. The molecule has 2 heterocycles. The number of carbonyl (C=O) groups is 1. The summed E-state index contributed by atoms with van der Waals surface area (Å²) in [5.74, 6) is 0.947. The van der Waals surface area contributed by atoms with Gasteiger partial charge in [-0.25, -0.2) is 0 Å². The highest BCUT2D eigenvalue weighted by atomic mass is 16.1. The van der Waals surface area contributed by atoms with E-state index in [4.69, 9.17) is 0 Å². The second kappa shape index (κ2) is 3.02. The summed E-state index contributed by atoms with van der Waals surface area (Å²) in [5, 5.41) is 7.74. The molecule has 64 valence electrons. The van der Waals surface area contributed by atoms with Crippen LogP contribution in [-0.4, -0.2) is 39.0 Å². The molecule has 0 amide bonds. The van der Waals surface area contributed by atoms with Gasteiger partial charge in [-0.15, -0.1) is 10.2 Å². The lowest BCUT2D eigenvalue weighted by Gasteiger charge is -2.24. The maximum absolute atomic E-state index is 10.2. The van der Waals surface area contributed by atoms with Gasteiger partial charge in [0.1, 0.15) is 18.4 Å². The van der Waals surface area contributed by atoms with Gasteiger partial charge in [-0.3, -0.25) is 4.90 Å². The third kappa shape index (κ3) is 1.23. The van der Waals surface area contributed by atoms with E-state index in [2.05, 4.69) is 15.1 Å². The first-order valence-electron chi connectivity index (χ1n) is 3.93. The van der Waals surface area contributed by atoms with Crippen LogP contribution in [0.3, 0.4) is 0 Å². The first kappa shape index (κ1) is 7.42. The van der Waals surface area contributed by atoms with Gasteiger partial charge >= 0.3 is 0 Å². The molecular formula is C7H10N4O. The van der Waals surface area contributed by atoms with Crippen LogP contribution in [0.5, 0.6) is 0 Å². The van der Waals surface area contributed by atoms with Gasteiger partial charge < -0.3 is 9.36 Å². The molecule has 0 spiro atoms. The number of aldehydes is 1. The van der Waals surface area contributed by atoms with E-state index in [1.54, 1.807) is 6.33 Å². The van der Waals surface area contributed by atoms with Gasteiger partial charge in [-0.2, -0.15) is 0 Å². The molecule has 5 nitrogen and oxygen atoms in total. The van der Waals surface area contributed by atoms with Crippen molar-refractivity contribution in [3.8, 4) is 0 Å². The van der Waals surface area contributed by atoms with E-state index < -0.39 is 0 Å². The monoisotopic (exact) mass is 166 g/mol. The lowest BCUT2D eigenvalue weighted by Crippen LogP contribution is -2.34. The summed E-state index contributed by atoms with van der Waals surface area (Å²) < 4.78 is 2.02. The lowest BCUT2D eigenvalue weighted by atomic mass is 10.3. The van der Waals surface area contributed by atoms with Gasteiger partial charge in [0.05, 0.1) is 13.1 Å². The zero-order chi connectivity index (χ0) is 8.39. The molecule has 0 saturated heterocycles. The molecule has 1 aromatic heterocycles. The summed E-state index contributed by atoms with van der Waals surface area (Å²) in [5.41, 5.74) is 0. The van der Waals surface area contributed by atoms with Crippen LogP contribution < -0.4 is 0 Å². The fourth-order valence-electron chi connectivity index (χ4n) is 1.38. The van der Waals surface area contributed by atoms with Crippen molar-refractivity contribution in [2.75, 3.05) is 13.1 Å². The van der Waals surface area contributed by atoms with Crippen LogP contribution in [0.4, 0.5) is 0 Å². The maximum Gasteiger partial charge on any atom is 0.147 e. The number of carbonyl (C=O) groups excluding carboxylic acids is 1. The summed E-state index contributed by atoms with van der Waals surface area (Å²) in [7, 11) is 0. The zero-order valence-corrected chi connectivity index (χ0v) is 6.68. The predicted octanol–water partition coefficient (Wildman–Crippen LogP) is -0.707. The third-order valence-electron chi connectivity index (χ3n) is 2.05. The van der Waals surface area contributed by atoms with E-state index in [1.807, 2.05) is 4.57 Å². The van der Waals surface area contributed by atoms with E-state index in [-0.39, 0.29) is 0 Å². The highest BCUT2D eigenvalue weighted by Crippen LogP contribution is 2.07. The molecule has 1 aliphatic rings. The molecular weight excluding hydrogens is 156 g/mol. The van der Waals surface area contributed by atoms with Gasteiger partial charge in [0.25, 0.3) is 0 Å². The molecule has 12 heavy (non-hydrogen) atoms. The van der Waals surface area contributed by atoms with Crippen molar-refractivity contribution in [1.29, 1.82) is 0 Å². The van der Waals surface area contributed by atoms with E-state index in [0.717, 1.165) is 31.7 Å². The number of fused-ring (bicyclic) bond motifs is 1. The summed E-state index contributed by atoms with van der Waals surface area (Å²) in [6.45, 7) is 3.02. The van der Waals surface area contributed by atoms with Crippen molar-refractivity contribution < 1.29 is 4.79 Å². The Morgan fingerprint density at radius 1 is 1.58 bits per heavy atom. The highest BCUT2D eigenvalue weighted by molar-refractivity contribution is 5.51. The van der Waals surface area contributed by atoms with Gasteiger partial charge in [0.15, 0.2) is 0 Å². The minimum absolute atomic E-state index is 0.493. The maximum atomic E-state index is 10.2. The van der Waals surface area contributed by atoms with Crippen LogP contribution >= 0.6 is 0 Å². The molecule has 0 fully saturated rings. The quantitative estimate of drug-likeness (QED) is 0.545. The molecule has 0 radical (unpaired) electrons. The van der Waals surface area contributed by atoms with E-state index >= 15 is 0 Å². The molecule has 0 aliphatic carbocycles. The molecule has 1 aliphatic heterocycles. The van der Waals surface area contributed by atoms with Crippen molar-refractivity contribution in [2.45, 2.75) is 13.1 Å². The van der Waals surface area contributed by atoms with Crippen molar-refractivity contribution in [3.05, 3.63) is 12.2 Å². The van der Waals surface area contributed by atoms with Crippen molar-refractivity contribution in [2.24, 2.45) is 0 Å². The van der Waals surface area contributed by atoms with Gasteiger partial charge in [0, 0.05) is 13.1 Å². The highest BCUT2D eigenvalue weighted by Gasteiger charge is 2.15. The number of nitrogens with zero attached hydrogens (tertiary/aromatic N) is 4. The molecule has 2 rings (SSSR count). The summed E-state index contributed by atoms with van der Waals surface area (Å²) in [6, 6.07) is 0. The van der Waals surface area contributed by atoms with Crippen LogP contribution in [0.25, 0.3) is 0 Å². The molecule has 0 N–H and O–H groups in total. The average molecular weight is 166 g/mol. The Balaban J connectivity index is 2.09. The van der Waals surface area contributed by atoms with Crippen molar-refractivity contribution in [3.63, 3.8) is 0 Å². The lowest BCUT2D eigenvalue weighted by molar-refractivity contribution is -0.109. The van der Waals surface area contributed by atoms with Crippen LogP contribution in [0.15, 0.2) is 6.33 Å². The van der Waals surface area contributed by atoms with Crippen molar-refractivity contribution >= 4 is 6.29 Å².